The average Bonchev–Trinajstić information content (AvgIpc) is 2.91. The number of phenols is 1. The monoisotopic (exact) mass is 492 g/mol. The highest BCUT2D eigenvalue weighted by molar-refractivity contribution is 6.02. The van der Waals surface area contributed by atoms with Crippen molar-refractivity contribution in [1.82, 2.24) is 10.6 Å². The predicted molar refractivity (Wildman–Crippen MR) is 141 cm³/mol. The first-order chi connectivity index (χ1) is 17.5. The minimum Gasteiger partial charge on any atom is -0.508 e. The molecule has 0 aromatic heterocycles. The van der Waals surface area contributed by atoms with Crippen molar-refractivity contribution in [2.45, 2.75) is 26.3 Å². The van der Waals surface area contributed by atoms with Gasteiger partial charge in [-0.25, -0.2) is 4.39 Å². The molecule has 4 N–H and O–H groups in total. The fraction of sp³-hybridized carbons (Fsp3) is 0.286. The van der Waals surface area contributed by atoms with E-state index in [0.29, 0.717) is 11.3 Å². The topological polar surface area (TPSA) is 93.7 Å². The third-order valence-corrected chi connectivity index (χ3v) is 5.71. The smallest absolute Gasteiger partial charge is 0.251 e. The summed E-state index contributed by atoms with van der Waals surface area (Å²) in [6.07, 6.45) is 0.197. The van der Waals surface area contributed by atoms with Crippen LogP contribution in [0.5, 0.6) is 5.75 Å². The number of hydrogen-bond donors (Lipinski definition) is 4. The molecule has 1 fully saturated rings. The number of piperazine rings is 1. The Kier molecular flexibility index (Phi) is 9.82. The fourth-order valence-corrected chi connectivity index (χ4v) is 3.92. The average molecular weight is 493 g/mol. The Morgan fingerprint density at radius 1 is 1.00 bits per heavy atom. The van der Waals surface area contributed by atoms with Gasteiger partial charge in [0, 0.05) is 38.2 Å². The molecule has 1 atom stereocenters. The number of phenolic OH excluding ortho intramolecular Hbond substituents is 1. The molecule has 36 heavy (non-hydrogen) atoms. The normalized spacial score (nSPS) is 13.7. The third kappa shape index (κ3) is 7.29. The molecule has 1 aliphatic heterocycles. The van der Waals surface area contributed by atoms with Crippen LogP contribution in [0.25, 0.3) is 0 Å². The Morgan fingerprint density at radius 3 is 2.33 bits per heavy atom. The zero-order valence-corrected chi connectivity index (χ0v) is 20.6. The highest BCUT2D eigenvalue weighted by atomic mass is 19.1. The molecule has 3 aromatic rings. The zero-order chi connectivity index (χ0) is 25.9. The van der Waals surface area contributed by atoms with Crippen molar-refractivity contribution in [3.05, 3.63) is 89.7 Å². The number of benzene rings is 3. The summed E-state index contributed by atoms with van der Waals surface area (Å²) in [5, 5.41) is 18.5. The highest BCUT2D eigenvalue weighted by Gasteiger charge is 2.24. The molecule has 3 aromatic carbocycles. The number of anilines is 2. The van der Waals surface area contributed by atoms with Gasteiger partial charge in [-0.2, -0.15) is 0 Å². The Balaban J connectivity index is 0.00000176. The number of halogens is 1. The molecule has 0 aliphatic carbocycles. The Labute approximate surface area is 211 Å². The van der Waals surface area contributed by atoms with Gasteiger partial charge in [0.15, 0.2) is 0 Å². The summed E-state index contributed by atoms with van der Waals surface area (Å²) < 4.78 is 14.1. The number of rotatable bonds is 7. The van der Waals surface area contributed by atoms with Crippen LogP contribution in [0.1, 0.15) is 29.8 Å². The number of amides is 2. The summed E-state index contributed by atoms with van der Waals surface area (Å²) in [6, 6.07) is 18.5. The van der Waals surface area contributed by atoms with Crippen LogP contribution in [0.2, 0.25) is 0 Å². The first-order valence-electron chi connectivity index (χ1n) is 12.2. The maximum Gasteiger partial charge on any atom is 0.251 e. The van der Waals surface area contributed by atoms with Crippen LogP contribution in [0.15, 0.2) is 72.8 Å². The summed E-state index contributed by atoms with van der Waals surface area (Å²) in [5.74, 6) is -1.20. The molecule has 0 bridgehead atoms. The first kappa shape index (κ1) is 26.7. The number of carbonyl (C=O) groups is 2. The molecule has 1 aliphatic rings. The number of nitrogens with zero attached hydrogens (tertiary/aromatic N) is 1. The van der Waals surface area contributed by atoms with Crippen LogP contribution in [0.3, 0.4) is 0 Å². The van der Waals surface area contributed by atoms with Gasteiger partial charge in [-0.15, -0.1) is 0 Å². The molecule has 2 amide bonds. The SMILES string of the molecule is CC.O=C(NC(Cc1ccc(O)cc1)C(=O)Nc1cc(F)ccc1N1CCNCC1)c1ccccc1. The number of hydrogen-bond acceptors (Lipinski definition) is 5. The zero-order valence-electron chi connectivity index (χ0n) is 20.6. The van der Waals surface area contributed by atoms with E-state index in [9.17, 15) is 19.1 Å². The van der Waals surface area contributed by atoms with E-state index < -0.39 is 17.8 Å². The largest absolute Gasteiger partial charge is 0.508 e. The number of nitrogens with one attached hydrogen (secondary N) is 3. The van der Waals surface area contributed by atoms with Gasteiger partial charge in [0.25, 0.3) is 5.91 Å². The second-order valence-electron chi connectivity index (χ2n) is 8.15. The van der Waals surface area contributed by atoms with Crippen molar-refractivity contribution < 1.29 is 19.1 Å². The predicted octanol–water partition coefficient (Wildman–Crippen LogP) is 3.95. The van der Waals surface area contributed by atoms with E-state index >= 15 is 0 Å². The van der Waals surface area contributed by atoms with Crippen LogP contribution < -0.4 is 20.9 Å². The van der Waals surface area contributed by atoms with Crippen molar-refractivity contribution in [2.24, 2.45) is 0 Å². The molecule has 1 unspecified atom stereocenters. The van der Waals surface area contributed by atoms with E-state index in [0.717, 1.165) is 37.4 Å². The summed E-state index contributed by atoms with van der Waals surface area (Å²) in [6.45, 7) is 7.05. The number of aromatic hydroxyl groups is 1. The molecular weight excluding hydrogens is 459 g/mol. The molecule has 0 radical (unpaired) electrons. The van der Waals surface area contributed by atoms with Crippen LogP contribution in [-0.2, 0) is 11.2 Å². The molecule has 7 nitrogen and oxygen atoms in total. The second-order valence-corrected chi connectivity index (χ2v) is 8.15. The molecule has 190 valence electrons. The summed E-state index contributed by atoms with van der Waals surface area (Å²) in [4.78, 5) is 28.3. The minimum atomic E-state index is -0.920. The van der Waals surface area contributed by atoms with E-state index in [1.54, 1.807) is 48.5 Å². The Bertz CT molecular complexity index is 1130. The molecular formula is C28H33FN4O3. The van der Waals surface area contributed by atoms with Gasteiger partial charge >= 0.3 is 0 Å². The van der Waals surface area contributed by atoms with E-state index in [-0.39, 0.29) is 18.1 Å². The molecule has 0 saturated carbocycles. The van der Waals surface area contributed by atoms with Gasteiger partial charge in [-0.05, 0) is 48.0 Å². The van der Waals surface area contributed by atoms with Gasteiger partial charge in [0.2, 0.25) is 5.91 Å². The minimum absolute atomic E-state index is 0.110. The van der Waals surface area contributed by atoms with Gasteiger partial charge < -0.3 is 26.0 Å². The van der Waals surface area contributed by atoms with Gasteiger partial charge in [0.1, 0.15) is 17.6 Å². The summed E-state index contributed by atoms with van der Waals surface area (Å²) >= 11 is 0. The van der Waals surface area contributed by atoms with E-state index in [1.165, 1.54) is 24.3 Å². The lowest BCUT2D eigenvalue weighted by atomic mass is 10.0. The van der Waals surface area contributed by atoms with Crippen molar-refractivity contribution in [3.63, 3.8) is 0 Å². The molecule has 1 saturated heterocycles. The van der Waals surface area contributed by atoms with Crippen LogP contribution in [0, 0.1) is 5.82 Å². The lowest BCUT2D eigenvalue weighted by Gasteiger charge is -2.31. The molecule has 0 spiro atoms. The van der Waals surface area contributed by atoms with Crippen molar-refractivity contribution in [2.75, 3.05) is 36.4 Å². The van der Waals surface area contributed by atoms with Gasteiger partial charge in [0.05, 0.1) is 11.4 Å². The standard InChI is InChI=1S/C26H27FN4O3.C2H6/c27-20-8-11-24(31-14-12-28-13-15-31)22(17-20)29-26(34)23(16-18-6-9-21(32)10-7-18)30-25(33)19-4-2-1-3-5-19;1-2/h1-11,17,23,28,32H,12-16H2,(H,29,34)(H,30,33);1-2H3. The van der Waals surface area contributed by atoms with Crippen molar-refractivity contribution in [1.29, 1.82) is 0 Å². The maximum atomic E-state index is 14.1. The fourth-order valence-electron chi connectivity index (χ4n) is 3.92. The van der Waals surface area contributed by atoms with Crippen molar-refractivity contribution >= 4 is 23.2 Å². The first-order valence-corrected chi connectivity index (χ1v) is 12.2. The summed E-state index contributed by atoms with van der Waals surface area (Å²) in [7, 11) is 0. The van der Waals surface area contributed by atoms with E-state index in [4.69, 9.17) is 0 Å². The second kappa shape index (κ2) is 13.3. The summed E-state index contributed by atoms with van der Waals surface area (Å²) in [5.41, 5.74) is 2.27. The molecule has 8 heteroatoms. The van der Waals surface area contributed by atoms with Crippen molar-refractivity contribution in [3.8, 4) is 5.75 Å². The van der Waals surface area contributed by atoms with Crippen LogP contribution in [-0.4, -0.2) is 49.1 Å². The molecule has 4 rings (SSSR count). The number of carbonyl (C=O) groups excluding carboxylic acids is 2. The third-order valence-electron chi connectivity index (χ3n) is 5.71. The van der Waals surface area contributed by atoms with Gasteiger partial charge in [-0.3, -0.25) is 9.59 Å². The highest BCUT2D eigenvalue weighted by Crippen LogP contribution is 2.27. The Hall–Kier alpha value is -3.91. The quantitative estimate of drug-likeness (QED) is 0.401. The van der Waals surface area contributed by atoms with Crippen LogP contribution >= 0.6 is 0 Å². The molecule has 1 heterocycles. The lowest BCUT2D eigenvalue weighted by molar-refractivity contribution is -0.118. The van der Waals surface area contributed by atoms with Gasteiger partial charge in [-0.1, -0.05) is 44.2 Å². The lowest BCUT2D eigenvalue weighted by Crippen LogP contribution is -2.46. The van der Waals surface area contributed by atoms with E-state index in [2.05, 4.69) is 20.9 Å². The van der Waals surface area contributed by atoms with Crippen LogP contribution in [0.4, 0.5) is 15.8 Å². The Morgan fingerprint density at radius 2 is 1.67 bits per heavy atom. The van der Waals surface area contributed by atoms with E-state index in [1.807, 2.05) is 13.8 Å². The maximum absolute atomic E-state index is 14.1.